The molecule has 0 bridgehead atoms. The predicted octanol–water partition coefficient (Wildman–Crippen LogP) is 3.29. The van der Waals surface area contributed by atoms with Gasteiger partial charge in [-0.2, -0.15) is 0 Å². The van der Waals surface area contributed by atoms with Gasteiger partial charge in [-0.05, 0) is 42.5 Å². The lowest BCUT2D eigenvalue weighted by Crippen LogP contribution is -2.45. The molecule has 2 aliphatic rings. The molecule has 27 heavy (non-hydrogen) atoms. The van der Waals surface area contributed by atoms with Crippen LogP contribution >= 0.6 is 0 Å². The molecule has 2 aliphatic heterocycles. The van der Waals surface area contributed by atoms with E-state index < -0.39 is 0 Å². The van der Waals surface area contributed by atoms with Crippen molar-refractivity contribution in [3.63, 3.8) is 0 Å². The normalized spacial score (nSPS) is 18.5. The van der Waals surface area contributed by atoms with Crippen molar-refractivity contribution in [1.29, 1.82) is 0 Å². The number of ether oxygens (including phenoxy) is 3. The average Bonchev–Trinajstić information content (AvgIpc) is 3.17. The predicted molar refractivity (Wildman–Crippen MR) is 103 cm³/mol. The van der Waals surface area contributed by atoms with Crippen molar-refractivity contribution in [1.82, 2.24) is 0 Å². The summed E-state index contributed by atoms with van der Waals surface area (Å²) < 4.78 is 16.7. The quantitative estimate of drug-likeness (QED) is 0.897. The van der Waals surface area contributed by atoms with Gasteiger partial charge in [0.15, 0.2) is 5.79 Å². The molecule has 2 saturated heterocycles. The number of amides is 1. The van der Waals surface area contributed by atoms with Crippen molar-refractivity contribution in [3.8, 4) is 5.75 Å². The minimum absolute atomic E-state index is 0.155. The second-order valence-corrected chi connectivity index (χ2v) is 6.83. The van der Waals surface area contributed by atoms with Crippen LogP contribution in [0.4, 0.5) is 11.4 Å². The number of methoxy groups -OCH3 is 1. The Morgan fingerprint density at radius 2 is 1.78 bits per heavy atom. The Bertz CT molecular complexity index is 790. The molecule has 4 rings (SSSR count). The number of nitrogens with zero attached hydrogens (tertiary/aromatic N) is 1. The lowest BCUT2D eigenvalue weighted by atomic mass is 10.0. The topological polar surface area (TPSA) is 60.0 Å². The molecule has 142 valence electrons. The Balaban J connectivity index is 1.37. The van der Waals surface area contributed by atoms with Crippen molar-refractivity contribution in [3.05, 3.63) is 54.1 Å². The molecule has 2 heterocycles. The van der Waals surface area contributed by atoms with Crippen LogP contribution in [0.15, 0.2) is 48.5 Å². The Morgan fingerprint density at radius 1 is 1.07 bits per heavy atom. The van der Waals surface area contributed by atoms with E-state index in [1.165, 1.54) is 0 Å². The maximum Gasteiger partial charge on any atom is 0.255 e. The number of piperidine rings is 1. The summed E-state index contributed by atoms with van der Waals surface area (Å²) in [5.74, 6) is 0.148. The maximum absolute atomic E-state index is 12.4. The Kier molecular flexibility index (Phi) is 5.01. The van der Waals surface area contributed by atoms with Gasteiger partial charge in [-0.15, -0.1) is 0 Å². The lowest BCUT2D eigenvalue weighted by Gasteiger charge is -2.38. The van der Waals surface area contributed by atoms with Crippen LogP contribution in [0.2, 0.25) is 0 Å². The molecule has 0 unspecified atom stereocenters. The van der Waals surface area contributed by atoms with Crippen molar-refractivity contribution >= 4 is 17.3 Å². The number of anilines is 2. The van der Waals surface area contributed by atoms with Crippen LogP contribution < -0.4 is 15.0 Å². The summed E-state index contributed by atoms with van der Waals surface area (Å²) in [6.45, 7) is 3.19. The van der Waals surface area contributed by atoms with Gasteiger partial charge < -0.3 is 24.4 Å². The zero-order valence-corrected chi connectivity index (χ0v) is 15.4. The highest BCUT2D eigenvalue weighted by Gasteiger charge is 2.39. The Labute approximate surface area is 159 Å². The standard InChI is InChI=1S/C21H24N2O4/c1-25-19-4-2-3-16(15-19)20(24)22-17-5-7-18(8-6-17)23-11-9-21(10-12-23)26-13-14-27-21/h2-8,15H,9-14H2,1H3,(H,22,24). The largest absolute Gasteiger partial charge is 0.497 e. The minimum Gasteiger partial charge on any atom is -0.497 e. The number of hydrogen-bond donors (Lipinski definition) is 1. The van der Waals surface area contributed by atoms with Gasteiger partial charge >= 0.3 is 0 Å². The monoisotopic (exact) mass is 368 g/mol. The fourth-order valence-electron chi connectivity index (χ4n) is 3.61. The third-order valence-electron chi connectivity index (χ3n) is 5.16. The Morgan fingerprint density at radius 3 is 2.44 bits per heavy atom. The van der Waals surface area contributed by atoms with E-state index in [4.69, 9.17) is 14.2 Å². The summed E-state index contributed by atoms with van der Waals surface area (Å²) in [4.78, 5) is 14.7. The molecule has 0 aromatic heterocycles. The van der Waals surface area contributed by atoms with Crippen LogP contribution in [-0.2, 0) is 9.47 Å². The second kappa shape index (κ2) is 7.58. The fraction of sp³-hybridized carbons (Fsp3) is 0.381. The summed E-state index contributed by atoms with van der Waals surface area (Å²) in [7, 11) is 1.59. The average molecular weight is 368 g/mol. The number of benzene rings is 2. The Hall–Kier alpha value is -2.57. The molecule has 0 aliphatic carbocycles. The third kappa shape index (κ3) is 3.91. The zero-order chi connectivity index (χ0) is 18.7. The van der Waals surface area contributed by atoms with E-state index in [0.29, 0.717) is 24.5 Å². The summed E-state index contributed by atoms with van der Waals surface area (Å²) in [6, 6.07) is 15.0. The van der Waals surface area contributed by atoms with Gasteiger partial charge in [0.1, 0.15) is 5.75 Å². The molecule has 2 aromatic rings. The van der Waals surface area contributed by atoms with E-state index in [9.17, 15) is 4.79 Å². The first-order valence-corrected chi connectivity index (χ1v) is 9.26. The highest BCUT2D eigenvalue weighted by Crippen LogP contribution is 2.33. The lowest BCUT2D eigenvalue weighted by molar-refractivity contribution is -0.169. The molecular weight excluding hydrogens is 344 g/mol. The molecule has 6 heteroatoms. The van der Waals surface area contributed by atoms with Crippen LogP contribution in [0.5, 0.6) is 5.75 Å². The number of rotatable bonds is 4. The molecule has 0 radical (unpaired) electrons. The summed E-state index contributed by atoms with van der Waals surface area (Å²) in [5.41, 5.74) is 2.47. The molecule has 6 nitrogen and oxygen atoms in total. The van der Waals surface area contributed by atoms with Crippen molar-refractivity contribution in [2.24, 2.45) is 0 Å². The van der Waals surface area contributed by atoms with Gasteiger partial charge in [0.2, 0.25) is 0 Å². The maximum atomic E-state index is 12.4. The van der Waals surface area contributed by atoms with Crippen molar-refractivity contribution < 1.29 is 19.0 Å². The summed E-state index contributed by atoms with van der Waals surface area (Å²) >= 11 is 0. The van der Waals surface area contributed by atoms with Crippen LogP contribution in [0, 0.1) is 0 Å². The summed E-state index contributed by atoms with van der Waals surface area (Å²) in [5, 5.41) is 2.93. The SMILES string of the molecule is COc1cccc(C(=O)Nc2ccc(N3CCC4(CC3)OCCO4)cc2)c1. The molecular formula is C21H24N2O4. The van der Waals surface area contributed by atoms with E-state index in [2.05, 4.69) is 10.2 Å². The number of hydrogen-bond acceptors (Lipinski definition) is 5. The molecule has 2 aromatic carbocycles. The number of nitrogens with one attached hydrogen (secondary N) is 1. The van der Waals surface area contributed by atoms with E-state index in [1.807, 2.05) is 30.3 Å². The summed E-state index contributed by atoms with van der Waals surface area (Å²) in [6.07, 6.45) is 1.75. The van der Waals surface area contributed by atoms with Crippen LogP contribution in [-0.4, -0.2) is 45.1 Å². The molecule has 1 spiro atoms. The van der Waals surface area contributed by atoms with E-state index >= 15 is 0 Å². The zero-order valence-electron chi connectivity index (χ0n) is 15.4. The first-order chi connectivity index (χ1) is 13.2. The first kappa shape index (κ1) is 17.8. The van der Waals surface area contributed by atoms with E-state index in [0.717, 1.165) is 37.3 Å². The molecule has 2 fully saturated rings. The smallest absolute Gasteiger partial charge is 0.255 e. The van der Waals surface area contributed by atoms with Gasteiger partial charge in [0, 0.05) is 42.9 Å². The third-order valence-corrected chi connectivity index (χ3v) is 5.16. The van der Waals surface area contributed by atoms with Crippen LogP contribution in [0.3, 0.4) is 0 Å². The van der Waals surface area contributed by atoms with Gasteiger partial charge in [0.05, 0.1) is 20.3 Å². The highest BCUT2D eigenvalue weighted by molar-refractivity contribution is 6.04. The van der Waals surface area contributed by atoms with Gasteiger partial charge in [0.25, 0.3) is 5.91 Å². The first-order valence-electron chi connectivity index (χ1n) is 9.26. The highest BCUT2D eigenvalue weighted by atomic mass is 16.7. The number of carbonyl (C=O) groups excluding carboxylic acids is 1. The molecule has 0 atom stereocenters. The minimum atomic E-state index is -0.360. The number of carbonyl (C=O) groups is 1. The molecule has 0 saturated carbocycles. The molecule has 1 amide bonds. The second-order valence-electron chi connectivity index (χ2n) is 6.83. The molecule has 1 N–H and O–H groups in total. The van der Waals surface area contributed by atoms with Crippen LogP contribution in [0.25, 0.3) is 0 Å². The van der Waals surface area contributed by atoms with Gasteiger partial charge in [-0.25, -0.2) is 0 Å². The van der Waals surface area contributed by atoms with Gasteiger partial charge in [-0.3, -0.25) is 4.79 Å². The van der Waals surface area contributed by atoms with Crippen molar-refractivity contribution in [2.75, 3.05) is 43.6 Å². The van der Waals surface area contributed by atoms with E-state index in [1.54, 1.807) is 25.3 Å². The fourth-order valence-corrected chi connectivity index (χ4v) is 3.61. The van der Waals surface area contributed by atoms with Crippen LogP contribution in [0.1, 0.15) is 23.2 Å². The van der Waals surface area contributed by atoms with Crippen molar-refractivity contribution in [2.45, 2.75) is 18.6 Å². The van der Waals surface area contributed by atoms with E-state index in [-0.39, 0.29) is 11.7 Å². The van der Waals surface area contributed by atoms with Gasteiger partial charge in [-0.1, -0.05) is 6.07 Å².